The summed E-state index contributed by atoms with van der Waals surface area (Å²) in [6, 6.07) is 6.17. The predicted molar refractivity (Wildman–Crippen MR) is 220 cm³/mol. The highest BCUT2D eigenvalue weighted by Crippen LogP contribution is 2.42. The molecule has 2 aliphatic rings. The van der Waals surface area contributed by atoms with Crippen LogP contribution in [0.2, 0.25) is 0 Å². The molecule has 5 amide bonds. The highest BCUT2D eigenvalue weighted by atomic mass is 19.4. The van der Waals surface area contributed by atoms with Crippen molar-refractivity contribution in [1.82, 2.24) is 35.5 Å². The number of phenolic OH excluding ortho intramolecular Hbond substituents is 1. The lowest BCUT2D eigenvalue weighted by Crippen LogP contribution is -2.54. The minimum Gasteiger partial charge on any atom is -0.506 e. The summed E-state index contributed by atoms with van der Waals surface area (Å²) >= 11 is 0. The molecule has 4 aromatic rings. The number of halogens is 6. The van der Waals surface area contributed by atoms with Crippen LogP contribution in [-0.4, -0.2) is 130 Å². The summed E-state index contributed by atoms with van der Waals surface area (Å²) in [5.74, 6) is -4.12. The van der Waals surface area contributed by atoms with Crippen molar-refractivity contribution in [3.05, 3.63) is 94.7 Å². The van der Waals surface area contributed by atoms with Crippen LogP contribution >= 0.6 is 0 Å². The number of carbonyl (C=O) groups is 5. The number of allylic oxidation sites excluding steroid dienone is 2. The highest BCUT2D eigenvalue weighted by molar-refractivity contribution is 6.24. The van der Waals surface area contributed by atoms with E-state index < -0.39 is 81.8 Å². The summed E-state index contributed by atoms with van der Waals surface area (Å²) in [5, 5.41) is 31.8. The van der Waals surface area contributed by atoms with Gasteiger partial charge >= 0.3 is 12.4 Å². The molecule has 20 nitrogen and oxygen atoms in total. The van der Waals surface area contributed by atoms with Gasteiger partial charge in [0, 0.05) is 29.9 Å². The predicted octanol–water partition coefficient (Wildman–Crippen LogP) is 3.06. The number of nitrogens with two attached hydrogens (primary N) is 1. The number of hydrogen-bond acceptors (Lipinski definition) is 16. The number of aromatic hydroxyl groups is 1. The van der Waals surface area contributed by atoms with Crippen LogP contribution in [0.15, 0.2) is 66.8 Å². The van der Waals surface area contributed by atoms with Crippen molar-refractivity contribution in [2.24, 2.45) is 5.73 Å². The molecule has 2 aliphatic heterocycles. The third-order valence-electron chi connectivity index (χ3n) is 9.93. The van der Waals surface area contributed by atoms with Gasteiger partial charge in [0.25, 0.3) is 11.8 Å². The van der Waals surface area contributed by atoms with E-state index in [1.165, 1.54) is 16.8 Å². The van der Waals surface area contributed by atoms with Crippen LogP contribution < -0.4 is 25.8 Å². The van der Waals surface area contributed by atoms with Gasteiger partial charge in [-0.2, -0.15) is 26.3 Å². The van der Waals surface area contributed by atoms with E-state index in [9.17, 15) is 55.4 Å². The minimum absolute atomic E-state index is 0.00624. The molecule has 26 heteroatoms. The topological polar surface area (TPSA) is 272 Å². The number of imide groups is 2. The lowest BCUT2D eigenvalue weighted by molar-refractivity contribution is -0.138. The van der Waals surface area contributed by atoms with E-state index in [4.69, 9.17) is 34.8 Å². The first-order valence-corrected chi connectivity index (χ1v) is 20.3. The molecule has 1 unspecified atom stereocenters. The van der Waals surface area contributed by atoms with Crippen molar-refractivity contribution >= 4 is 35.2 Å². The van der Waals surface area contributed by atoms with Gasteiger partial charge < -0.3 is 45.3 Å². The molecule has 1 atom stereocenters. The standard InChI is InChI=1S/C42H41F6N9O11/c43-41(44,45)24-16-23(18-51-19-24)35-31(6-4-26(37(35)60)28(49)17-32(50)42(46,47)48)67-10-8-52-34(59)22-66-15-14-65-13-12-64-11-9-56-20-25(54-55-56)21-68-30-3-1-2-27-36(30)40(63)57(39(27)62)29-5-7-33(58)53-38(29)61/h1-4,6,16-20,29,49,60H,5,7-15,21-22,50H2,(H,52,59)(H,53,58,61). The van der Waals surface area contributed by atoms with Crippen molar-refractivity contribution in [1.29, 1.82) is 5.41 Å². The number of benzene rings is 2. The quantitative estimate of drug-likeness (QED) is 0.0328. The second-order valence-corrected chi connectivity index (χ2v) is 14.7. The third-order valence-corrected chi connectivity index (χ3v) is 9.93. The second kappa shape index (κ2) is 21.9. The van der Waals surface area contributed by atoms with Gasteiger partial charge in [-0.25, -0.2) is 4.68 Å². The van der Waals surface area contributed by atoms with Crippen LogP contribution in [0.5, 0.6) is 17.2 Å². The summed E-state index contributed by atoms with van der Waals surface area (Å²) in [6.07, 6.45) is -6.49. The number of piperidine rings is 1. The summed E-state index contributed by atoms with van der Waals surface area (Å²) in [7, 11) is 0. The SMILES string of the molecule is N=C(C=C(N)C(F)(F)F)c1ccc(OCCNC(=O)COCCOCCOCCn2cc(COc3cccc4c3C(=O)N(C3CCC(=O)NC3=O)C4=O)nn2)c(-c2cncc(C(F)(F)F)c2)c1O. The monoisotopic (exact) mass is 961 g/mol. The molecule has 2 aromatic carbocycles. The van der Waals surface area contributed by atoms with Gasteiger partial charge in [0.2, 0.25) is 17.7 Å². The molecular weight excluding hydrogens is 921 g/mol. The Morgan fingerprint density at radius 2 is 1.65 bits per heavy atom. The molecule has 0 spiro atoms. The molecule has 6 N–H and O–H groups in total. The van der Waals surface area contributed by atoms with Gasteiger partial charge in [-0.05, 0) is 42.8 Å². The molecule has 68 heavy (non-hydrogen) atoms. The number of amides is 5. The van der Waals surface area contributed by atoms with Crippen molar-refractivity contribution < 1.29 is 79.1 Å². The van der Waals surface area contributed by atoms with Crippen LogP contribution in [0.1, 0.15) is 50.4 Å². The minimum atomic E-state index is -4.99. The molecule has 2 aromatic heterocycles. The number of phenols is 1. The number of rotatable bonds is 22. The lowest BCUT2D eigenvalue weighted by atomic mass is 9.97. The second-order valence-electron chi connectivity index (χ2n) is 14.7. The number of nitrogens with zero attached hydrogens (tertiary/aromatic N) is 5. The molecule has 1 saturated heterocycles. The fourth-order valence-corrected chi connectivity index (χ4v) is 6.67. The number of carbonyl (C=O) groups excluding carboxylic acids is 5. The zero-order chi connectivity index (χ0) is 49.2. The zero-order valence-electron chi connectivity index (χ0n) is 35.4. The van der Waals surface area contributed by atoms with E-state index in [-0.39, 0.29) is 107 Å². The Hall–Kier alpha value is -7.45. The van der Waals surface area contributed by atoms with Crippen LogP contribution in [0.3, 0.4) is 0 Å². The maximum absolute atomic E-state index is 13.5. The van der Waals surface area contributed by atoms with E-state index in [1.807, 2.05) is 0 Å². The van der Waals surface area contributed by atoms with Gasteiger partial charge in [0.1, 0.15) is 54.5 Å². The number of ether oxygens (including phenoxy) is 5. The van der Waals surface area contributed by atoms with Crippen LogP contribution in [0, 0.1) is 5.41 Å². The Labute approximate surface area is 380 Å². The summed E-state index contributed by atoms with van der Waals surface area (Å²) in [6.45, 7) is 0.253. The van der Waals surface area contributed by atoms with E-state index >= 15 is 0 Å². The fraction of sp³-hybridized carbons (Fsp3) is 0.357. The molecule has 362 valence electrons. The average molecular weight is 962 g/mol. The maximum atomic E-state index is 13.5. The number of nitrogens with one attached hydrogen (secondary N) is 3. The molecule has 0 saturated carbocycles. The van der Waals surface area contributed by atoms with Gasteiger partial charge in [-0.3, -0.25) is 39.2 Å². The largest absolute Gasteiger partial charge is 0.506 e. The van der Waals surface area contributed by atoms with Gasteiger partial charge in [0.15, 0.2) is 0 Å². The number of pyridine rings is 1. The molecule has 6 rings (SSSR count). The van der Waals surface area contributed by atoms with Gasteiger partial charge in [-0.1, -0.05) is 11.3 Å². The Balaban J connectivity index is 0.859. The number of fused-ring (bicyclic) bond motifs is 1. The molecule has 0 bridgehead atoms. The van der Waals surface area contributed by atoms with E-state index in [2.05, 4.69) is 25.9 Å². The summed E-state index contributed by atoms with van der Waals surface area (Å²) in [4.78, 5) is 67.0. The van der Waals surface area contributed by atoms with Crippen molar-refractivity contribution in [2.45, 2.75) is 44.4 Å². The summed E-state index contributed by atoms with van der Waals surface area (Å²) < 4.78 is 109. The molecule has 4 heterocycles. The first-order valence-electron chi connectivity index (χ1n) is 20.3. The zero-order valence-corrected chi connectivity index (χ0v) is 35.4. The Morgan fingerprint density at radius 3 is 2.37 bits per heavy atom. The first-order chi connectivity index (χ1) is 32.3. The Bertz CT molecular complexity index is 2590. The fourth-order valence-electron chi connectivity index (χ4n) is 6.67. The number of aromatic nitrogens is 4. The molecular formula is C42H41F6N9O11. The Morgan fingerprint density at radius 1 is 0.926 bits per heavy atom. The van der Waals surface area contributed by atoms with Gasteiger partial charge in [-0.15, -0.1) is 5.10 Å². The van der Waals surface area contributed by atoms with E-state index in [1.54, 1.807) is 12.3 Å². The van der Waals surface area contributed by atoms with Crippen LogP contribution in [-0.2, 0) is 47.9 Å². The van der Waals surface area contributed by atoms with E-state index in [0.717, 1.165) is 23.2 Å². The smallest absolute Gasteiger partial charge is 0.430 e. The van der Waals surface area contributed by atoms with Crippen molar-refractivity contribution in [3.63, 3.8) is 0 Å². The molecule has 0 aliphatic carbocycles. The lowest BCUT2D eigenvalue weighted by Gasteiger charge is -2.27. The van der Waals surface area contributed by atoms with Gasteiger partial charge in [0.05, 0.1) is 80.3 Å². The number of alkyl halides is 6. The third kappa shape index (κ3) is 12.5. The summed E-state index contributed by atoms with van der Waals surface area (Å²) in [5.41, 5.74) is 0.521. The first kappa shape index (κ1) is 50.0. The average Bonchev–Trinajstić information content (AvgIpc) is 3.85. The highest BCUT2D eigenvalue weighted by Gasteiger charge is 2.46. The number of hydrogen-bond donors (Lipinski definition) is 5. The molecule has 0 radical (unpaired) electrons. The molecule has 1 fully saturated rings. The normalized spacial score (nSPS) is 15.4. The van der Waals surface area contributed by atoms with Crippen molar-refractivity contribution in [2.75, 3.05) is 52.8 Å². The Kier molecular flexibility index (Phi) is 16.1. The van der Waals surface area contributed by atoms with Crippen LogP contribution in [0.4, 0.5) is 26.3 Å². The van der Waals surface area contributed by atoms with E-state index in [0.29, 0.717) is 24.5 Å². The maximum Gasteiger partial charge on any atom is 0.430 e. The van der Waals surface area contributed by atoms with Crippen LogP contribution in [0.25, 0.3) is 11.1 Å². The van der Waals surface area contributed by atoms with Crippen molar-refractivity contribution in [3.8, 4) is 28.4 Å².